The van der Waals surface area contributed by atoms with Gasteiger partial charge in [0.2, 0.25) is 0 Å². The molecule has 0 radical (unpaired) electrons. The zero-order valence-electron chi connectivity index (χ0n) is 14.2. The maximum absolute atomic E-state index is 11.7. The summed E-state index contributed by atoms with van der Waals surface area (Å²) in [5, 5.41) is 6.52. The molecule has 1 fully saturated rings. The Morgan fingerprint density at radius 1 is 1.24 bits per heavy atom. The SMILES string of the molecule is CN1CCC(Oc2cccc3c2CN(C2=CN=NC(=O)C2Cl)C3)CC1. The predicted molar refractivity (Wildman–Crippen MR) is 94.4 cm³/mol. The highest BCUT2D eigenvalue weighted by Gasteiger charge is 2.32. The summed E-state index contributed by atoms with van der Waals surface area (Å²) in [5.74, 6) is 0.544. The van der Waals surface area contributed by atoms with Crippen LogP contribution < -0.4 is 4.74 Å². The highest BCUT2D eigenvalue weighted by Crippen LogP contribution is 2.36. The molecule has 1 saturated heterocycles. The number of piperidine rings is 1. The van der Waals surface area contributed by atoms with Crippen molar-refractivity contribution in [2.24, 2.45) is 10.2 Å². The largest absolute Gasteiger partial charge is 0.490 e. The smallest absolute Gasteiger partial charge is 0.288 e. The number of ether oxygens (including phenoxy) is 1. The molecule has 0 aromatic heterocycles. The van der Waals surface area contributed by atoms with E-state index in [-0.39, 0.29) is 6.10 Å². The summed E-state index contributed by atoms with van der Waals surface area (Å²) in [6.07, 6.45) is 3.95. The fourth-order valence-electron chi connectivity index (χ4n) is 3.60. The highest BCUT2D eigenvalue weighted by molar-refractivity contribution is 6.33. The number of azo groups is 1. The number of amides is 1. The Bertz CT molecular complexity index is 741. The molecule has 3 aliphatic heterocycles. The van der Waals surface area contributed by atoms with Crippen molar-refractivity contribution in [1.82, 2.24) is 9.80 Å². The molecular weight excluding hydrogens is 340 g/mol. The first-order chi connectivity index (χ1) is 12.1. The molecule has 25 heavy (non-hydrogen) atoms. The van der Waals surface area contributed by atoms with Gasteiger partial charge >= 0.3 is 0 Å². The second-order valence-corrected chi connectivity index (χ2v) is 7.28. The molecule has 0 N–H and O–H groups in total. The normalized spacial score (nSPS) is 24.4. The number of fused-ring (bicyclic) bond motifs is 1. The molecule has 0 saturated carbocycles. The van der Waals surface area contributed by atoms with Crippen LogP contribution in [0.1, 0.15) is 24.0 Å². The van der Waals surface area contributed by atoms with Gasteiger partial charge in [0.1, 0.15) is 11.9 Å². The van der Waals surface area contributed by atoms with Gasteiger partial charge in [0, 0.05) is 31.7 Å². The summed E-state index contributed by atoms with van der Waals surface area (Å²) in [6, 6.07) is 6.18. The number of carbonyl (C=O) groups is 1. The number of nitrogens with zero attached hydrogens (tertiary/aromatic N) is 4. The Hall–Kier alpha value is -1.92. The third kappa shape index (κ3) is 3.28. The van der Waals surface area contributed by atoms with E-state index in [9.17, 15) is 4.79 Å². The van der Waals surface area contributed by atoms with Gasteiger partial charge in [-0.15, -0.1) is 16.7 Å². The first-order valence-corrected chi connectivity index (χ1v) is 9.05. The molecule has 1 aromatic carbocycles. The molecule has 7 heteroatoms. The van der Waals surface area contributed by atoms with Gasteiger partial charge in [0.25, 0.3) is 5.91 Å². The zero-order chi connectivity index (χ0) is 17.4. The van der Waals surface area contributed by atoms with Gasteiger partial charge in [-0.1, -0.05) is 12.1 Å². The number of carbonyl (C=O) groups excluding carboxylic acids is 1. The Kier molecular flexibility index (Phi) is 4.48. The first-order valence-electron chi connectivity index (χ1n) is 8.61. The van der Waals surface area contributed by atoms with Crippen LogP contribution in [-0.2, 0) is 17.9 Å². The summed E-state index contributed by atoms with van der Waals surface area (Å²) in [6.45, 7) is 3.52. The molecule has 0 spiro atoms. The average molecular weight is 361 g/mol. The van der Waals surface area contributed by atoms with E-state index >= 15 is 0 Å². The summed E-state index contributed by atoms with van der Waals surface area (Å²) in [4.78, 5) is 16.1. The number of likely N-dealkylation sites (tertiary alicyclic amines) is 1. The lowest BCUT2D eigenvalue weighted by molar-refractivity contribution is -0.117. The number of rotatable bonds is 3. The molecule has 1 aromatic rings. The molecule has 3 heterocycles. The number of hydrogen-bond acceptors (Lipinski definition) is 5. The summed E-state index contributed by atoms with van der Waals surface area (Å²) in [5.41, 5.74) is 3.11. The van der Waals surface area contributed by atoms with Crippen molar-refractivity contribution in [2.45, 2.75) is 37.4 Å². The zero-order valence-corrected chi connectivity index (χ0v) is 14.9. The lowest BCUT2D eigenvalue weighted by Crippen LogP contribution is -2.35. The molecule has 0 bridgehead atoms. The van der Waals surface area contributed by atoms with Crippen LogP contribution in [0.2, 0.25) is 0 Å². The van der Waals surface area contributed by atoms with Gasteiger partial charge in [0.15, 0.2) is 5.38 Å². The lowest BCUT2D eigenvalue weighted by Gasteiger charge is -2.30. The second kappa shape index (κ2) is 6.77. The molecule has 1 atom stereocenters. The fraction of sp³-hybridized carbons (Fsp3) is 0.500. The van der Waals surface area contributed by atoms with Crippen LogP contribution >= 0.6 is 11.6 Å². The maximum Gasteiger partial charge on any atom is 0.288 e. The third-order valence-corrected chi connectivity index (χ3v) is 5.50. The van der Waals surface area contributed by atoms with Crippen LogP contribution in [-0.4, -0.2) is 47.3 Å². The quantitative estimate of drug-likeness (QED) is 0.778. The van der Waals surface area contributed by atoms with E-state index in [0.29, 0.717) is 18.8 Å². The maximum atomic E-state index is 11.7. The predicted octanol–water partition coefficient (Wildman–Crippen LogP) is 2.92. The summed E-state index contributed by atoms with van der Waals surface area (Å²) in [7, 11) is 2.15. The van der Waals surface area contributed by atoms with Crippen molar-refractivity contribution >= 4 is 17.5 Å². The first kappa shape index (κ1) is 16.5. The van der Waals surface area contributed by atoms with Crippen molar-refractivity contribution in [3.8, 4) is 5.75 Å². The number of halogens is 1. The van der Waals surface area contributed by atoms with E-state index in [1.54, 1.807) is 6.20 Å². The molecule has 1 amide bonds. The van der Waals surface area contributed by atoms with Crippen LogP contribution in [0.5, 0.6) is 5.75 Å². The van der Waals surface area contributed by atoms with Crippen molar-refractivity contribution in [3.63, 3.8) is 0 Å². The minimum atomic E-state index is -0.759. The fourth-order valence-corrected chi connectivity index (χ4v) is 3.83. The van der Waals surface area contributed by atoms with Crippen molar-refractivity contribution < 1.29 is 9.53 Å². The average Bonchev–Trinajstić information content (AvgIpc) is 3.04. The van der Waals surface area contributed by atoms with Crippen LogP contribution in [0.15, 0.2) is 40.3 Å². The topological polar surface area (TPSA) is 57.5 Å². The van der Waals surface area contributed by atoms with Crippen LogP contribution in [0.4, 0.5) is 0 Å². The lowest BCUT2D eigenvalue weighted by atomic mass is 10.1. The molecule has 0 aliphatic carbocycles. The molecule has 1 unspecified atom stereocenters. The molecule has 3 aliphatic rings. The number of hydrogen-bond donors (Lipinski definition) is 0. The monoisotopic (exact) mass is 360 g/mol. The van der Waals surface area contributed by atoms with Crippen molar-refractivity contribution in [1.29, 1.82) is 0 Å². The van der Waals surface area contributed by atoms with E-state index in [1.807, 2.05) is 12.1 Å². The molecule has 6 nitrogen and oxygen atoms in total. The van der Waals surface area contributed by atoms with Crippen LogP contribution in [0.3, 0.4) is 0 Å². The third-order valence-electron chi connectivity index (χ3n) is 5.09. The minimum absolute atomic E-state index is 0.266. The van der Waals surface area contributed by atoms with Gasteiger partial charge in [-0.3, -0.25) is 4.79 Å². The molecule has 132 valence electrons. The van der Waals surface area contributed by atoms with E-state index in [2.05, 4.69) is 33.1 Å². The van der Waals surface area contributed by atoms with Crippen LogP contribution in [0, 0.1) is 0 Å². The molecular formula is C18H21ClN4O2. The number of benzene rings is 1. The second-order valence-electron chi connectivity index (χ2n) is 6.84. The van der Waals surface area contributed by atoms with E-state index in [1.165, 1.54) is 11.1 Å². The standard InChI is InChI=1S/C18H21ClN4O2/c1-22-7-5-13(6-8-22)25-16-4-2-3-12-10-23(11-14(12)16)15-9-20-21-18(24)17(15)19/h2-4,9,13,17H,5-8,10-11H2,1H3. The van der Waals surface area contributed by atoms with Gasteiger partial charge in [0.05, 0.1) is 11.9 Å². The van der Waals surface area contributed by atoms with Gasteiger partial charge in [-0.25, -0.2) is 0 Å². The van der Waals surface area contributed by atoms with E-state index in [0.717, 1.165) is 31.7 Å². The van der Waals surface area contributed by atoms with Crippen LogP contribution in [0.25, 0.3) is 0 Å². The Labute approximate surface area is 152 Å². The van der Waals surface area contributed by atoms with Crippen molar-refractivity contribution in [2.75, 3.05) is 20.1 Å². The Balaban J connectivity index is 1.51. The van der Waals surface area contributed by atoms with Gasteiger partial charge in [-0.2, -0.15) is 5.11 Å². The summed E-state index contributed by atoms with van der Waals surface area (Å²) < 4.78 is 6.32. The Morgan fingerprint density at radius 2 is 2.04 bits per heavy atom. The highest BCUT2D eigenvalue weighted by atomic mass is 35.5. The van der Waals surface area contributed by atoms with Crippen molar-refractivity contribution in [3.05, 3.63) is 41.2 Å². The molecule has 4 rings (SSSR count). The van der Waals surface area contributed by atoms with Gasteiger partial charge in [-0.05, 0) is 31.5 Å². The van der Waals surface area contributed by atoms with E-state index < -0.39 is 11.3 Å². The number of alkyl halides is 1. The van der Waals surface area contributed by atoms with Gasteiger partial charge < -0.3 is 14.5 Å². The minimum Gasteiger partial charge on any atom is -0.490 e. The summed E-state index contributed by atoms with van der Waals surface area (Å²) >= 11 is 6.22. The Morgan fingerprint density at radius 3 is 2.84 bits per heavy atom. The van der Waals surface area contributed by atoms with E-state index in [4.69, 9.17) is 16.3 Å².